The Morgan fingerprint density at radius 1 is 0.966 bits per heavy atom. The Bertz CT molecular complexity index is 1190. The fraction of sp³-hybridized carbons (Fsp3) is 0. The number of benzene rings is 2. The Balaban J connectivity index is 1.58. The van der Waals surface area contributed by atoms with Gasteiger partial charge in [-0.1, -0.05) is 0 Å². The molecule has 141 valence electrons. The minimum atomic E-state index is -0.761. The molecule has 5 nitrogen and oxygen atoms in total. The number of nitrogens with zero attached hydrogens (tertiary/aromatic N) is 2. The zero-order valence-electron chi connectivity index (χ0n) is 14.8. The third kappa shape index (κ3) is 3.66. The van der Waals surface area contributed by atoms with Crippen LogP contribution in [0.5, 0.6) is 0 Å². The zero-order chi connectivity index (χ0) is 20.0. The summed E-state index contributed by atoms with van der Waals surface area (Å²) >= 11 is 1.06. The first-order valence-electron chi connectivity index (χ1n) is 8.69. The van der Waals surface area contributed by atoms with E-state index < -0.39 is 26.3 Å². The van der Waals surface area contributed by atoms with Gasteiger partial charge in [0.2, 0.25) is 0 Å². The van der Waals surface area contributed by atoms with Crippen molar-refractivity contribution < 1.29 is 9.59 Å². The van der Waals surface area contributed by atoms with Crippen molar-refractivity contribution in [2.24, 2.45) is 4.99 Å². The predicted molar refractivity (Wildman–Crippen MR) is 117 cm³/mol. The van der Waals surface area contributed by atoms with E-state index in [-0.39, 0.29) is 26.4 Å². The molecule has 0 bridgehead atoms. The van der Waals surface area contributed by atoms with Crippen LogP contribution in [-0.4, -0.2) is 73.4 Å². The van der Waals surface area contributed by atoms with Crippen LogP contribution < -0.4 is 19.1 Å². The van der Waals surface area contributed by atoms with Crippen molar-refractivity contribution in [3.63, 3.8) is 0 Å². The molecule has 1 aromatic heterocycles. The van der Waals surface area contributed by atoms with Crippen LogP contribution >= 0.6 is 0 Å². The molecule has 0 spiro atoms. The molecule has 0 atom stereocenters. The van der Waals surface area contributed by atoms with Gasteiger partial charge in [-0.05, 0) is 0 Å². The van der Waals surface area contributed by atoms with Crippen molar-refractivity contribution in [2.45, 2.75) is 0 Å². The van der Waals surface area contributed by atoms with Gasteiger partial charge in [0.1, 0.15) is 0 Å². The van der Waals surface area contributed by atoms with Gasteiger partial charge < -0.3 is 0 Å². The fourth-order valence-electron chi connectivity index (χ4n) is 3.19. The van der Waals surface area contributed by atoms with Gasteiger partial charge in [-0.15, -0.1) is 0 Å². The number of aliphatic imine (C=N–C) groups is 1. The van der Waals surface area contributed by atoms with Crippen LogP contribution in [0.2, 0.25) is 0 Å². The van der Waals surface area contributed by atoms with E-state index in [2.05, 4.69) is 69.8 Å². The van der Waals surface area contributed by atoms with Crippen molar-refractivity contribution in [2.75, 3.05) is 4.90 Å². The summed E-state index contributed by atoms with van der Waals surface area (Å²) in [5.41, 5.74) is 2.58. The molecule has 0 fully saturated rings. The van der Waals surface area contributed by atoms with Crippen LogP contribution in [0.3, 0.4) is 0 Å². The molecule has 2 aliphatic heterocycles. The van der Waals surface area contributed by atoms with Crippen LogP contribution in [0.1, 0.15) is 3.58 Å². The summed E-state index contributed by atoms with van der Waals surface area (Å²) in [6.45, 7) is 0. The molecule has 1 radical (unpaired) electrons. The molecular weight excluding hydrogens is 660 g/mol. The van der Waals surface area contributed by atoms with Crippen LogP contribution in [-0.2, 0) is 9.59 Å². The summed E-state index contributed by atoms with van der Waals surface area (Å²) in [4.78, 5) is 30.6. The van der Waals surface area contributed by atoms with Crippen LogP contribution in [0, 0.1) is 0 Å². The van der Waals surface area contributed by atoms with E-state index >= 15 is 0 Å². The van der Waals surface area contributed by atoms with Crippen molar-refractivity contribution >= 4 is 103 Å². The van der Waals surface area contributed by atoms with Gasteiger partial charge in [-0.25, -0.2) is 0 Å². The van der Waals surface area contributed by atoms with E-state index in [9.17, 15) is 9.59 Å². The molecule has 0 saturated carbocycles. The maximum atomic E-state index is 12.2. The quantitative estimate of drug-likeness (QED) is 0.195. The third-order valence-corrected chi connectivity index (χ3v) is 10.3. The number of hydrogen-bond donors (Lipinski definition) is 1. The average molecular weight is 673 g/mol. The maximum absolute atomic E-state index is 12.2. The number of hydrogen-bond acceptors (Lipinski definition) is 3. The molecule has 2 amide bonds. The normalized spacial score (nSPS) is 16.9. The van der Waals surface area contributed by atoms with Crippen molar-refractivity contribution in [1.29, 1.82) is 0 Å². The monoisotopic (exact) mass is 678 g/mol. The number of amidine groups is 1. The van der Waals surface area contributed by atoms with Crippen LogP contribution in [0.15, 0.2) is 71.2 Å². The van der Waals surface area contributed by atoms with Crippen molar-refractivity contribution in [3.8, 4) is 0 Å². The van der Waals surface area contributed by atoms with Gasteiger partial charge in [0.25, 0.3) is 0 Å². The molecule has 1 N–H and O–H groups in total. The van der Waals surface area contributed by atoms with Gasteiger partial charge >= 0.3 is 198 Å². The number of anilines is 3. The van der Waals surface area contributed by atoms with E-state index in [1.54, 1.807) is 6.08 Å². The second kappa shape index (κ2) is 7.89. The zero-order valence-corrected chi connectivity index (χ0v) is 21.2. The molecule has 5 rings (SSSR count). The van der Waals surface area contributed by atoms with E-state index in [1.165, 1.54) is 46.3 Å². The predicted octanol–water partition coefficient (Wildman–Crippen LogP) is 0.746. The molecule has 2 aromatic carbocycles. The second-order valence-electron chi connectivity index (χ2n) is 6.28. The number of carbonyl (C=O) groups excluding carboxylic acids is 2. The molecule has 3 heterocycles. The minimum absolute atomic E-state index is 0.117. The topological polar surface area (TPSA) is 61.8 Å². The molecule has 8 heteroatoms. The molecule has 2 aliphatic rings. The summed E-state index contributed by atoms with van der Waals surface area (Å²) in [5.74, 6) is -0.837. The van der Waals surface area contributed by atoms with Crippen molar-refractivity contribution in [1.82, 2.24) is 5.32 Å². The van der Waals surface area contributed by atoms with Gasteiger partial charge in [-0.3, -0.25) is 0 Å². The van der Waals surface area contributed by atoms with Gasteiger partial charge in [0.15, 0.2) is 0 Å². The Kier molecular flexibility index (Phi) is 5.26. The summed E-state index contributed by atoms with van der Waals surface area (Å²) < 4.78 is 5.38. The molecule has 29 heavy (non-hydrogen) atoms. The second-order valence-corrected chi connectivity index (χ2v) is 12.8. The van der Waals surface area contributed by atoms with Crippen LogP contribution in [0.25, 0.3) is 6.08 Å². The first-order chi connectivity index (χ1) is 14.1. The summed E-state index contributed by atoms with van der Waals surface area (Å²) in [6, 6.07) is 21.3. The first-order valence-corrected chi connectivity index (χ1v) is 13.9. The number of nitrogens with one attached hydrogen (secondary N) is 1. The Labute approximate surface area is 196 Å². The Morgan fingerprint density at radius 2 is 1.62 bits per heavy atom. The van der Waals surface area contributed by atoms with E-state index in [0.717, 1.165) is 3.58 Å². The van der Waals surface area contributed by atoms with Gasteiger partial charge in [0, 0.05) is 0 Å². The van der Waals surface area contributed by atoms with E-state index in [1.807, 2.05) is 6.07 Å². The fourth-order valence-corrected chi connectivity index (χ4v) is 8.71. The van der Waals surface area contributed by atoms with Gasteiger partial charge in [-0.2, -0.15) is 0 Å². The average Bonchev–Trinajstić information content (AvgIpc) is 3.17. The standard InChI is InChI=1S/C21H12N3O2SeTe2/c25-19-13(20(26)23-21(28)22-19)11-12-9-10-18(29-12)24-14-5-1-3-7-16(14)27-17-8-4-2-6-15(17)24/h1-11H,(H,22,23,25,26). The summed E-state index contributed by atoms with van der Waals surface area (Å²) in [5, 5.41) is 2.62. The number of para-hydroxylation sites is 2. The number of carbonyl (C=O) groups is 2. The van der Waals surface area contributed by atoms with Crippen molar-refractivity contribution in [3.05, 3.63) is 69.8 Å². The molecule has 0 aliphatic carbocycles. The number of fused-ring (bicyclic) bond motifs is 2. The van der Waals surface area contributed by atoms with E-state index in [4.69, 9.17) is 0 Å². The molecular formula is C21H12N3O2SeTe2. The Hall–Kier alpha value is -1.63. The first kappa shape index (κ1) is 19.3. The third-order valence-electron chi connectivity index (χ3n) is 4.45. The Morgan fingerprint density at radius 3 is 2.28 bits per heavy atom. The number of amides is 2. The van der Waals surface area contributed by atoms with E-state index in [0.29, 0.717) is 3.88 Å². The van der Waals surface area contributed by atoms with Crippen LogP contribution in [0.4, 0.5) is 15.1 Å². The molecule has 0 saturated heterocycles. The number of rotatable bonds is 2. The summed E-state index contributed by atoms with van der Waals surface area (Å²) in [6.07, 6.45) is 1.71. The van der Waals surface area contributed by atoms with Gasteiger partial charge in [0.05, 0.1) is 0 Å². The molecule has 3 aromatic rings. The SMILES string of the molecule is O=C1N=C([Te])NC(=O)/C1=C\c1ccc(N2c3ccccc3[Se]c3ccccc32)[te]1. The summed E-state index contributed by atoms with van der Waals surface area (Å²) in [7, 11) is 0. The molecule has 0 unspecified atom stereocenters.